The lowest BCUT2D eigenvalue weighted by Crippen LogP contribution is -2.33. The third-order valence-electron chi connectivity index (χ3n) is 1.21. The lowest BCUT2D eigenvalue weighted by Gasteiger charge is -2.15. The minimum Gasteiger partial charge on any atom is -0.394 e. The van der Waals surface area contributed by atoms with Crippen LogP contribution in [0.2, 0.25) is 0 Å². The van der Waals surface area contributed by atoms with Crippen LogP contribution in [0.4, 0.5) is 0 Å². The van der Waals surface area contributed by atoms with Gasteiger partial charge < -0.3 is 9.62 Å². The average molecular weight is 175 g/mol. The fourth-order valence-corrected chi connectivity index (χ4v) is 0.913. The van der Waals surface area contributed by atoms with Crippen molar-refractivity contribution in [1.82, 2.24) is 9.62 Å². The van der Waals surface area contributed by atoms with Crippen molar-refractivity contribution in [3.8, 4) is 0 Å². The molecule has 0 aromatic carbocycles. The molecular weight excluding hydrogens is 167 g/mol. The molecule has 0 saturated carbocycles. The largest absolute Gasteiger partial charge is 0.454 e. The maximum absolute atomic E-state index is 3.46. The highest BCUT2D eigenvalue weighted by Crippen LogP contribution is 2.11. The van der Waals surface area contributed by atoms with Crippen LogP contribution in [0.25, 0.3) is 0 Å². The molecule has 0 radical (unpaired) electrons. The summed E-state index contributed by atoms with van der Waals surface area (Å²) in [4.78, 5) is 4.17. The van der Waals surface area contributed by atoms with E-state index in [4.69, 9.17) is 0 Å². The fraction of sp³-hybridized carbons (Fsp3) is 0.500. The third-order valence-corrected chi connectivity index (χ3v) is 2.50. The van der Waals surface area contributed by atoms with Gasteiger partial charge in [0, 0.05) is 12.4 Å². The van der Waals surface area contributed by atoms with Gasteiger partial charge in [-0.05, 0) is 14.1 Å². The van der Waals surface area contributed by atoms with Gasteiger partial charge >= 0.3 is 5.81 Å². The first-order valence-electron chi connectivity index (χ1n) is 2.48. The molecule has 0 aliphatic carbocycles. The zero-order valence-corrected chi connectivity index (χ0v) is 6.59. The Morgan fingerprint density at radius 1 is 1.25 bits per heavy atom. The highest BCUT2D eigenvalue weighted by molar-refractivity contribution is 9.24. The Balaban J connectivity index is 2.55. The molecule has 0 atom stereocenters. The van der Waals surface area contributed by atoms with E-state index in [2.05, 4.69) is 25.4 Å². The monoisotopic (exact) mass is 174 g/mol. The standard InChI is InChI=1S/C4H8BBrN2/c1-7-3-4-8(2)5(7)6/h3-4H,1-2H3. The van der Waals surface area contributed by atoms with Gasteiger partial charge in [-0.25, -0.2) is 0 Å². The second-order valence-electron chi connectivity index (χ2n) is 1.94. The Kier molecular flexibility index (Phi) is 1.51. The van der Waals surface area contributed by atoms with Crippen LogP contribution in [0, 0.1) is 0 Å². The smallest absolute Gasteiger partial charge is 0.394 e. The molecule has 44 valence electrons. The van der Waals surface area contributed by atoms with Gasteiger partial charge in [-0.2, -0.15) is 0 Å². The van der Waals surface area contributed by atoms with Crippen molar-refractivity contribution in [2.75, 3.05) is 14.1 Å². The molecule has 0 unspecified atom stereocenters. The van der Waals surface area contributed by atoms with Crippen molar-refractivity contribution in [1.29, 1.82) is 0 Å². The SMILES string of the molecule is CN1C=CN(C)B1Br. The molecule has 4 heteroatoms. The number of hydrogen-bond donors (Lipinski definition) is 0. The van der Waals surface area contributed by atoms with Crippen molar-refractivity contribution in [2.24, 2.45) is 0 Å². The molecular formula is C4H8BBrN2. The van der Waals surface area contributed by atoms with Gasteiger partial charge in [0.1, 0.15) is 0 Å². The molecule has 0 spiro atoms. The summed E-state index contributed by atoms with van der Waals surface area (Å²) in [6.45, 7) is 0. The minimum atomic E-state index is 0.350. The summed E-state index contributed by atoms with van der Waals surface area (Å²) < 4.78 is 0. The first-order chi connectivity index (χ1) is 3.72. The lowest BCUT2D eigenvalue weighted by molar-refractivity contribution is 0.674. The average Bonchev–Trinajstić information content (AvgIpc) is 1.98. The summed E-state index contributed by atoms with van der Waals surface area (Å²) in [5.41, 5.74) is 0. The highest BCUT2D eigenvalue weighted by atomic mass is 79.9. The van der Waals surface area contributed by atoms with E-state index in [0.29, 0.717) is 5.81 Å². The molecule has 1 heterocycles. The summed E-state index contributed by atoms with van der Waals surface area (Å²) in [6.07, 6.45) is 4.05. The summed E-state index contributed by atoms with van der Waals surface area (Å²) in [5, 5.41) is 0. The number of halogens is 1. The van der Waals surface area contributed by atoms with Crippen molar-refractivity contribution in [2.45, 2.75) is 0 Å². The van der Waals surface area contributed by atoms with Crippen LogP contribution in [0.15, 0.2) is 12.4 Å². The molecule has 2 nitrogen and oxygen atoms in total. The first kappa shape index (κ1) is 6.01. The second-order valence-corrected chi connectivity index (χ2v) is 2.76. The van der Waals surface area contributed by atoms with E-state index >= 15 is 0 Å². The molecule has 1 rings (SSSR count). The summed E-state index contributed by atoms with van der Waals surface area (Å²) in [6, 6.07) is 0. The van der Waals surface area contributed by atoms with E-state index in [9.17, 15) is 0 Å². The summed E-state index contributed by atoms with van der Waals surface area (Å²) in [5.74, 6) is 0.350. The predicted octanol–water partition coefficient (Wildman–Crippen LogP) is 0.715. The van der Waals surface area contributed by atoms with Crippen LogP contribution in [0.5, 0.6) is 0 Å². The van der Waals surface area contributed by atoms with E-state index in [0.717, 1.165) is 0 Å². The third kappa shape index (κ3) is 0.846. The van der Waals surface area contributed by atoms with E-state index < -0.39 is 0 Å². The van der Waals surface area contributed by atoms with Gasteiger partial charge in [-0.1, -0.05) is 15.8 Å². The quantitative estimate of drug-likeness (QED) is 0.500. The summed E-state index contributed by atoms with van der Waals surface area (Å²) in [7, 11) is 4.05. The Hall–Kier alpha value is -0.115. The van der Waals surface area contributed by atoms with Gasteiger partial charge in [0.25, 0.3) is 0 Å². The molecule has 0 N–H and O–H groups in total. The number of hydrogen-bond acceptors (Lipinski definition) is 2. The van der Waals surface area contributed by atoms with E-state index in [1.165, 1.54) is 0 Å². The van der Waals surface area contributed by atoms with Gasteiger partial charge in [0.15, 0.2) is 0 Å². The second kappa shape index (κ2) is 2.01. The normalized spacial score (nSPS) is 18.6. The molecule has 0 aromatic rings. The minimum absolute atomic E-state index is 0.350. The van der Waals surface area contributed by atoms with Crippen LogP contribution < -0.4 is 0 Å². The van der Waals surface area contributed by atoms with E-state index in [1.807, 2.05) is 26.5 Å². The van der Waals surface area contributed by atoms with Crippen molar-refractivity contribution >= 4 is 21.6 Å². The van der Waals surface area contributed by atoms with Crippen LogP contribution in [0.3, 0.4) is 0 Å². The molecule has 0 saturated heterocycles. The molecule has 0 amide bonds. The number of rotatable bonds is 0. The Labute approximate surface area is 58.2 Å². The summed E-state index contributed by atoms with van der Waals surface area (Å²) >= 11 is 3.46. The van der Waals surface area contributed by atoms with E-state index in [-0.39, 0.29) is 0 Å². The fourth-order valence-electron chi connectivity index (χ4n) is 0.640. The zero-order chi connectivity index (χ0) is 6.15. The first-order valence-corrected chi connectivity index (χ1v) is 3.39. The molecule has 0 bridgehead atoms. The predicted molar refractivity (Wildman–Crippen MR) is 39.3 cm³/mol. The van der Waals surface area contributed by atoms with Gasteiger partial charge in [0.05, 0.1) is 0 Å². The van der Waals surface area contributed by atoms with Crippen LogP contribution in [-0.4, -0.2) is 29.5 Å². The molecule has 0 aromatic heterocycles. The van der Waals surface area contributed by atoms with Crippen LogP contribution in [-0.2, 0) is 0 Å². The molecule has 8 heavy (non-hydrogen) atoms. The van der Waals surface area contributed by atoms with Gasteiger partial charge in [-0.15, -0.1) is 0 Å². The zero-order valence-electron chi connectivity index (χ0n) is 5.00. The van der Waals surface area contributed by atoms with Crippen molar-refractivity contribution in [3.63, 3.8) is 0 Å². The Bertz CT molecular complexity index is 105. The van der Waals surface area contributed by atoms with Gasteiger partial charge in [-0.3, -0.25) is 0 Å². The van der Waals surface area contributed by atoms with E-state index in [1.54, 1.807) is 0 Å². The number of nitrogens with zero attached hydrogens (tertiary/aromatic N) is 2. The lowest BCUT2D eigenvalue weighted by atomic mass is 10.1. The van der Waals surface area contributed by atoms with Gasteiger partial charge in [0.2, 0.25) is 0 Å². The topological polar surface area (TPSA) is 6.48 Å². The maximum atomic E-state index is 3.46. The molecule has 1 aliphatic heterocycles. The van der Waals surface area contributed by atoms with Crippen LogP contribution in [0.1, 0.15) is 0 Å². The maximum Gasteiger partial charge on any atom is 0.454 e. The van der Waals surface area contributed by atoms with Crippen molar-refractivity contribution < 1.29 is 0 Å². The Morgan fingerprint density at radius 3 is 1.75 bits per heavy atom. The van der Waals surface area contributed by atoms with Crippen LogP contribution >= 0.6 is 15.8 Å². The molecule has 1 aliphatic rings. The Morgan fingerprint density at radius 2 is 1.62 bits per heavy atom. The van der Waals surface area contributed by atoms with Crippen molar-refractivity contribution in [3.05, 3.63) is 12.4 Å². The molecule has 0 fully saturated rings. The highest BCUT2D eigenvalue weighted by Gasteiger charge is 2.22.